The molecule has 0 bridgehead atoms. The van der Waals surface area contributed by atoms with Gasteiger partial charge in [-0.25, -0.2) is 0 Å². The standard InChI is InChI=1S/C13H23NO3/c1-5-9(15)13(11(16)17)7-6-8(2)10(14)12(13,3)4/h9,15H,5-7,14H2,1-4H3,(H,16,17). The lowest BCUT2D eigenvalue weighted by Crippen LogP contribution is -2.56. The molecule has 98 valence electrons. The number of allylic oxidation sites excluding steroid dienone is 2. The van der Waals surface area contributed by atoms with Crippen LogP contribution in [-0.2, 0) is 4.79 Å². The van der Waals surface area contributed by atoms with Crippen LogP contribution in [0, 0.1) is 10.8 Å². The Morgan fingerprint density at radius 1 is 1.53 bits per heavy atom. The number of carbonyl (C=O) groups is 1. The normalized spacial score (nSPS) is 30.2. The fourth-order valence-electron chi connectivity index (χ4n) is 3.05. The summed E-state index contributed by atoms with van der Waals surface area (Å²) in [7, 11) is 0. The van der Waals surface area contributed by atoms with Gasteiger partial charge in [-0.05, 0) is 26.2 Å². The smallest absolute Gasteiger partial charge is 0.313 e. The minimum Gasteiger partial charge on any atom is -0.481 e. The Bertz CT molecular complexity index is 360. The van der Waals surface area contributed by atoms with E-state index in [9.17, 15) is 15.0 Å². The summed E-state index contributed by atoms with van der Waals surface area (Å²) in [5, 5.41) is 19.8. The molecular formula is C13H23NO3. The molecule has 0 heterocycles. The number of hydrogen-bond donors (Lipinski definition) is 3. The van der Waals surface area contributed by atoms with Gasteiger partial charge in [0.15, 0.2) is 0 Å². The summed E-state index contributed by atoms with van der Waals surface area (Å²) in [5.74, 6) is -0.952. The Hall–Kier alpha value is -1.03. The van der Waals surface area contributed by atoms with Crippen LogP contribution in [0.1, 0.15) is 47.0 Å². The second-order valence-electron chi connectivity index (χ2n) is 5.52. The van der Waals surface area contributed by atoms with Crippen molar-refractivity contribution in [3.8, 4) is 0 Å². The summed E-state index contributed by atoms with van der Waals surface area (Å²) in [6.45, 7) is 7.37. The zero-order valence-corrected chi connectivity index (χ0v) is 11.1. The van der Waals surface area contributed by atoms with Crippen LogP contribution in [0.5, 0.6) is 0 Å². The fourth-order valence-corrected chi connectivity index (χ4v) is 3.05. The van der Waals surface area contributed by atoms with Gasteiger partial charge in [-0.3, -0.25) is 4.79 Å². The molecule has 0 amide bonds. The predicted molar refractivity (Wildman–Crippen MR) is 66.3 cm³/mol. The zero-order chi connectivity index (χ0) is 13.4. The van der Waals surface area contributed by atoms with E-state index in [1.165, 1.54) is 0 Å². The maximum Gasteiger partial charge on any atom is 0.313 e. The highest BCUT2D eigenvalue weighted by atomic mass is 16.4. The van der Waals surface area contributed by atoms with Gasteiger partial charge >= 0.3 is 5.97 Å². The quantitative estimate of drug-likeness (QED) is 0.704. The maximum atomic E-state index is 11.7. The molecule has 0 saturated carbocycles. The molecular weight excluding hydrogens is 218 g/mol. The van der Waals surface area contributed by atoms with Gasteiger partial charge in [-0.1, -0.05) is 26.3 Å². The molecule has 4 heteroatoms. The zero-order valence-electron chi connectivity index (χ0n) is 11.1. The monoisotopic (exact) mass is 241 g/mol. The molecule has 2 atom stereocenters. The van der Waals surface area contributed by atoms with Gasteiger partial charge in [-0.2, -0.15) is 0 Å². The van der Waals surface area contributed by atoms with E-state index < -0.39 is 22.9 Å². The van der Waals surface area contributed by atoms with Crippen molar-refractivity contribution in [1.82, 2.24) is 0 Å². The second kappa shape index (κ2) is 4.33. The predicted octanol–water partition coefficient (Wildman–Crippen LogP) is 1.88. The second-order valence-corrected chi connectivity index (χ2v) is 5.52. The molecule has 0 aromatic heterocycles. The number of carboxylic acid groups (broad SMARTS) is 1. The molecule has 0 aliphatic heterocycles. The first-order valence-corrected chi connectivity index (χ1v) is 6.09. The van der Waals surface area contributed by atoms with Crippen LogP contribution < -0.4 is 5.73 Å². The van der Waals surface area contributed by atoms with Gasteiger partial charge in [0.1, 0.15) is 5.41 Å². The first-order valence-electron chi connectivity index (χ1n) is 6.09. The van der Waals surface area contributed by atoms with Crippen LogP contribution >= 0.6 is 0 Å². The summed E-state index contributed by atoms with van der Waals surface area (Å²) in [6, 6.07) is 0. The average molecular weight is 241 g/mol. The molecule has 4 nitrogen and oxygen atoms in total. The molecule has 4 N–H and O–H groups in total. The number of aliphatic carboxylic acids is 1. The van der Waals surface area contributed by atoms with Crippen LogP contribution in [0.25, 0.3) is 0 Å². The van der Waals surface area contributed by atoms with Gasteiger partial charge in [0.25, 0.3) is 0 Å². The number of aliphatic hydroxyl groups is 1. The topological polar surface area (TPSA) is 83.5 Å². The van der Waals surface area contributed by atoms with Gasteiger partial charge < -0.3 is 15.9 Å². The lowest BCUT2D eigenvalue weighted by Gasteiger charge is -2.50. The Morgan fingerprint density at radius 2 is 2.06 bits per heavy atom. The van der Waals surface area contributed by atoms with Gasteiger partial charge in [-0.15, -0.1) is 0 Å². The molecule has 1 rings (SSSR count). The van der Waals surface area contributed by atoms with Crippen LogP contribution in [-0.4, -0.2) is 22.3 Å². The third kappa shape index (κ3) is 1.75. The highest BCUT2D eigenvalue weighted by Crippen LogP contribution is 2.54. The third-order valence-corrected chi connectivity index (χ3v) is 4.48. The van der Waals surface area contributed by atoms with Crippen LogP contribution in [0.4, 0.5) is 0 Å². The summed E-state index contributed by atoms with van der Waals surface area (Å²) < 4.78 is 0. The van der Waals surface area contributed by atoms with Crippen LogP contribution in [0.2, 0.25) is 0 Å². The molecule has 0 saturated heterocycles. The summed E-state index contributed by atoms with van der Waals surface area (Å²) in [4.78, 5) is 11.7. The minimum absolute atomic E-state index is 0.419. The largest absolute Gasteiger partial charge is 0.481 e. The Labute approximate surface area is 103 Å². The minimum atomic E-state index is -1.18. The average Bonchev–Trinajstić information content (AvgIpc) is 2.25. The van der Waals surface area contributed by atoms with Crippen molar-refractivity contribution < 1.29 is 15.0 Å². The number of nitrogens with two attached hydrogens (primary N) is 1. The lowest BCUT2D eigenvalue weighted by atomic mass is 9.54. The van der Waals surface area contributed by atoms with E-state index in [0.717, 1.165) is 5.57 Å². The number of rotatable bonds is 3. The Kier molecular flexibility index (Phi) is 3.58. The van der Waals surface area contributed by atoms with Crippen molar-refractivity contribution in [2.24, 2.45) is 16.6 Å². The number of hydrogen-bond acceptors (Lipinski definition) is 3. The molecule has 0 aromatic rings. The number of aliphatic hydroxyl groups excluding tert-OH is 1. The molecule has 2 unspecified atom stereocenters. The maximum absolute atomic E-state index is 11.7. The summed E-state index contributed by atoms with van der Waals surface area (Å²) >= 11 is 0. The van der Waals surface area contributed by atoms with E-state index >= 15 is 0 Å². The molecule has 0 radical (unpaired) electrons. The number of carboxylic acids is 1. The van der Waals surface area contributed by atoms with E-state index in [1.54, 1.807) is 6.92 Å². The Balaban J connectivity index is 3.40. The molecule has 0 fully saturated rings. The lowest BCUT2D eigenvalue weighted by molar-refractivity contribution is -0.170. The van der Waals surface area contributed by atoms with E-state index in [-0.39, 0.29) is 0 Å². The van der Waals surface area contributed by atoms with Crippen molar-refractivity contribution in [3.63, 3.8) is 0 Å². The van der Waals surface area contributed by atoms with Gasteiger partial charge in [0, 0.05) is 11.1 Å². The highest BCUT2D eigenvalue weighted by molar-refractivity contribution is 5.78. The van der Waals surface area contributed by atoms with Crippen LogP contribution in [0.3, 0.4) is 0 Å². The third-order valence-electron chi connectivity index (χ3n) is 4.48. The van der Waals surface area contributed by atoms with Crippen molar-refractivity contribution in [2.45, 2.75) is 53.1 Å². The van der Waals surface area contributed by atoms with Crippen LogP contribution in [0.15, 0.2) is 11.3 Å². The molecule has 0 spiro atoms. The Morgan fingerprint density at radius 3 is 2.47 bits per heavy atom. The molecule has 0 aromatic carbocycles. The summed E-state index contributed by atoms with van der Waals surface area (Å²) in [6.07, 6.45) is 0.624. The van der Waals surface area contributed by atoms with Crippen molar-refractivity contribution >= 4 is 5.97 Å². The van der Waals surface area contributed by atoms with E-state index in [0.29, 0.717) is 25.0 Å². The summed E-state index contributed by atoms with van der Waals surface area (Å²) in [5.41, 5.74) is 5.81. The van der Waals surface area contributed by atoms with E-state index in [1.807, 2.05) is 20.8 Å². The van der Waals surface area contributed by atoms with Crippen molar-refractivity contribution in [2.75, 3.05) is 0 Å². The van der Waals surface area contributed by atoms with Gasteiger partial charge in [0.05, 0.1) is 6.10 Å². The van der Waals surface area contributed by atoms with Gasteiger partial charge in [0.2, 0.25) is 0 Å². The van der Waals surface area contributed by atoms with E-state index in [4.69, 9.17) is 5.73 Å². The first kappa shape index (κ1) is 14.0. The molecule has 1 aliphatic rings. The van der Waals surface area contributed by atoms with E-state index in [2.05, 4.69) is 0 Å². The highest BCUT2D eigenvalue weighted by Gasteiger charge is 2.58. The molecule has 17 heavy (non-hydrogen) atoms. The molecule has 1 aliphatic carbocycles. The van der Waals surface area contributed by atoms with Crippen molar-refractivity contribution in [1.29, 1.82) is 0 Å². The fraction of sp³-hybridized carbons (Fsp3) is 0.769. The van der Waals surface area contributed by atoms with Crippen molar-refractivity contribution in [3.05, 3.63) is 11.3 Å². The first-order chi connectivity index (χ1) is 7.71. The SMILES string of the molecule is CCC(O)C1(C(=O)O)CCC(C)=C(N)C1(C)C.